The first-order valence-electron chi connectivity index (χ1n) is 12.2. The van der Waals surface area contributed by atoms with Crippen LogP contribution in [0.5, 0.6) is 0 Å². The Morgan fingerprint density at radius 2 is 1.46 bits per heavy atom. The van der Waals surface area contributed by atoms with Gasteiger partial charge in [-0.1, -0.05) is 81.4 Å². The number of rotatable bonds is 7. The molecule has 0 bridgehead atoms. The van der Waals surface area contributed by atoms with E-state index in [0.29, 0.717) is 22.6 Å². The number of anilines is 1. The van der Waals surface area contributed by atoms with Crippen molar-refractivity contribution in [3.8, 4) is 16.9 Å². The average molecular weight is 517 g/mol. The number of nitrogens with zero attached hydrogens (tertiary/aromatic N) is 1. The molecule has 0 amide bonds. The number of carbonyl (C=O) groups is 1. The Bertz CT molecular complexity index is 1500. The lowest BCUT2D eigenvalue weighted by molar-refractivity contribution is 0.0521. The minimum absolute atomic E-state index is 0.0170. The van der Waals surface area contributed by atoms with E-state index in [1.54, 1.807) is 30.5 Å². The van der Waals surface area contributed by atoms with Crippen LogP contribution in [0.3, 0.4) is 0 Å². The normalized spacial score (nSPS) is 11.8. The van der Waals surface area contributed by atoms with E-state index in [0.717, 1.165) is 11.3 Å². The first kappa shape index (κ1) is 26.2. The molecule has 37 heavy (non-hydrogen) atoms. The minimum Gasteiger partial charge on any atom is -0.462 e. The van der Waals surface area contributed by atoms with E-state index in [1.807, 2.05) is 72.8 Å². The number of aromatic nitrogens is 1. The zero-order valence-corrected chi connectivity index (χ0v) is 22.6. The van der Waals surface area contributed by atoms with E-state index < -0.39 is 16.0 Å². The zero-order valence-electron chi connectivity index (χ0n) is 21.8. The van der Waals surface area contributed by atoms with Gasteiger partial charge in [-0.15, -0.1) is 0 Å². The first-order valence-corrected chi connectivity index (χ1v) is 13.7. The van der Waals surface area contributed by atoms with E-state index in [2.05, 4.69) is 25.5 Å². The SMILES string of the molecule is CCOC(=O)c1c(S(=O)(=O)Nc2ccc(C(C)(C)C)cc2)c(-c2ccccc2)n(-c2ccccc2)c1C. The number of ether oxygens (including phenoxy) is 1. The third-order valence-electron chi connectivity index (χ3n) is 6.18. The summed E-state index contributed by atoms with van der Waals surface area (Å²) in [6.45, 7) is 9.85. The second-order valence-corrected chi connectivity index (χ2v) is 11.4. The van der Waals surface area contributed by atoms with Crippen molar-refractivity contribution in [3.05, 3.63) is 102 Å². The van der Waals surface area contributed by atoms with Crippen LogP contribution in [0, 0.1) is 6.92 Å². The highest BCUT2D eigenvalue weighted by atomic mass is 32.2. The summed E-state index contributed by atoms with van der Waals surface area (Å²) < 4.78 is 38.0. The summed E-state index contributed by atoms with van der Waals surface area (Å²) in [5.41, 5.74) is 3.71. The summed E-state index contributed by atoms with van der Waals surface area (Å²) in [6.07, 6.45) is 0. The van der Waals surface area contributed by atoms with Crippen LogP contribution >= 0.6 is 0 Å². The predicted molar refractivity (Wildman–Crippen MR) is 148 cm³/mol. The monoisotopic (exact) mass is 516 g/mol. The van der Waals surface area contributed by atoms with Crippen molar-refractivity contribution in [2.75, 3.05) is 11.3 Å². The lowest BCUT2D eigenvalue weighted by Crippen LogP contribution is -2.18. The molecule has 0 saturated carbocycles. The van der Waals surface area contributed by atoms with Gasteiger partial charge in [0.25, 0.3) is 10.0 Å². The van der Waals surface area contributed by atoms with Gasteiger partial charge in [-0.25, -0.2) is 13.2 Å². The molecular weight excluding hydrogens is 484 g/mol. The van der Waals surface area contributed by atoms with Crippen LogP contribution in [0.15, 0.2) is 89.8 Å². The Morgan fingerprint density at radius 1 is 0.892 bits per heavy atom. The van der Waals surface area contributed by atoms with Crippen molar-refractivity contribution in [2.24, 2.45) is 0 Å². The summed E-state index contributed by atoms with van der Waals surface area (Å²) in [5.74, 6) is -0.685. The van der Waals surface area contributed by atoms with Gasteiger partial charge in [-0.3, -0.25) is 4.72 Å². The number of para-hydroxylation sites is 1. The van der Waals surface area contributed by atoms with Crippen molar-refractivity contribution in [1.82, 2.24) is 4.57 Å². The fourth-order valence-corrected chi connectivity index (χ4v) is 5.88. The van der Waals surface area contributed by atoms with Gasteiger partial charge >= 0.3 is 5.97 Å². The maximum Gasteiger partial charge on any atom is 0.341 e. The largest absolute Gasteiger partial charge is 0.462 e. The molecule has 0 atom stereocenters. The fraction of sp³-hybridized carbons (Fsp3) is 0.233. The Labute approximate surface area is 219 Å². The van der Waals surface area contributed by atoms with Gasteiger partial charge in [0.2, 0.25) is 0 Å². The number of benzene rings is 3. The topological polar surface area (TPSA) is 77.4 Å². The van der Waals surface area contributed by atoms with E-state index >= 15 is 0 Å². The molecule has 0 saturated heterocycles. The molecule has 4 rings (SSSR count). The maximum atomic E-state index is 14.1. The van der Waals surface area contributed by atoms with E-state index in [4.69, 9.17) is 4.74 Å². The van der Waals surface area contributed by atoms with Crippen LogP contribution in [0.4, 0.5) is 5.69 Å². The third-order valence-corrected chi connectivity index (χ3v) is 7.62. The van der Waals surface area contributed by atoms with Gasteiger partial charge < -0.3 is 9.30 Å². The van der Waals surface area contributed by atoms with Gasteiger partial charge in [-0.05, 0) is 54.7 Å². The van der Waals surface area contributed by atoms with Crippen molar-refractivity contribution in [3.63, 3.8) is 0 Å². The van der Waals surface area contributed by atoms with E-state index in [9.17, 15) is 13.2 Å². The van der Waals surface area contributed by atoms with Crippen molar-refractivity contribution in [2.45, 2.75) is 44.9 Å². The molecule has 0 aliphatic rings. The van der Waals surface area contributed by atoms with Gasteiger partial charge in [0, 0.05) is 17.1 Å². The number of carbonyl (C=O) groups excluding carboxylic acids is 1. The molecule has 0 fully saturated rings. The smallest absolute Gasteiger partial charge is 0.341 e. The zero-order chi connectivity index (χ0) is 26.8. The molecule has 3 aromatic carbocycles. The molecule has 0 spiro atoms. The molecule has 0 aliphatic heterocycles. The molecule has 192 valence electrons. The van der Waals surface area contributed by atoms with Gasteiger partial charge in [0.05, 0.1) is 12.3 Å². The van der Waals surface area contributed by atoms with Crippen molar-refractivity contribution >= 4 is 21.7 Å². The minimum atomic E-state index is -4.22. The number of hydrogen-bond donors (Lipinski definition) is 1. The maximum absolute atomic E-state index is 14.1. The molecular formula is C30H32N2O4S. The highest BCUT2D eigenvalue weighted by Gasteiger charge is 2.35. The summed E-state index contributed by atoms with van der Waals surface area (Å²) in [5, 5.41) is 0. The number of nitrogens with one attached hydrogen (secondary N) is 1. The number of esters is 1. The number of hydrogen-bond acceptors (Lipinski definition) is 4. The third kappa shape index (κ3) is 5.32. The first-order chi connectivity index (χ1) is 17.5. The molecule has 1 heterocycles. The molecule has 1 aromatic heterocycles. The van der Waals surface area contributed by atoms with Crippen LogP contribution in [-0.4, -0.2) is 25.6 Å². The molecule has 0 aliphatic carbocycles. The standard InChI is InChI=1S/C30H32N2O4S/c1-6-36-29(33)26-21(2)32(25-15-11-8-12-16-25)27(22-13-9-7-10-14-22)28(26)37(34,35)31-24-19-17-23(18-20-24)30(3,4)5/h7-20,31H,6H2,1-5H3. The van der Waals surface area contributed by atoms with E-state index in [-0.39, 0.29) is 22.5 Å². The van der Waals surface area contributed by atoms with Crippen LogP contribution in [-0.2, 0) is 20.2 Å². The highest BCUT2D eigenvalue weighted by Crippen LogP contribution is 2.39. The molecule has 0 radical (unpaired) electrons. The number of sulfonamides is 1. The Kier molecular flexibility index (Phi) is 7.28. The van der Waals surface area contributed by atoms with Gasteiger partial charge in [0.15, 0.2) is 0 Å². The summed E-state index contributed by atoms with van der Waals surface area (Å²) in [6, 6.07) is 25.9. The van der Waals surface area contributed by atoms with Crippen LogP contribution in [0.2, 0.25) is 0 Å². The highest BCUT2D eigenvalue weighted by molar-refractivity contribution is 7.93. The van der Waals surface area contributed by atoms with Gasteiger partial charge in [-0.2, -0.15) is 0 Å². The Balaban J connectivity index is 1.98. The molecule has 6 nitrogen and oxygen atoms in total. The molecule has 0 unspecified atom stereocenters. The average Bonchev–Trinajstić information content (AvgIpc) is 3.18. The lowest BCUT2D eigenvalue weighted by atomic mass is 9.87. The Hall–Kier alpha value is -3.84. The van der Waals surface area contributed by atoms with E-state index in [1.165, 1.54) is 0 Å². The van der Waals surface area contributed by atoms with Gasteiger partial charge in [0.1, 0.15) is 10.5 Å². The second kappa shape index (κ2) is 10.3. The van der Waals surface area contributed by atoms with Crippen LogP contribution in [0.25, 0.3) is 16.9 Å². The molecule has 1 N–H and O–H groups in total. The fourth-order valence-electron chi connectivity index (χ4n) is 4.37. The lowest BCUT2D eigenvalue weighted by Gasteiger charge is -2.19. The molecule has 7 heteroatoms. The quantitative estimate of drug-likeness (QED) is 0.276. The van der Waals surface area contributed by atoms with Crippen molar-refractivity contribution < 1.29 is 17.9 Å². The van der Waals surface area contributed by atoms with Crippen molar-refractivity contribution in [1.29, 1.82) is 0 Å². The molecule has 4 aromatic rings. The summed E-state index contributed by atoms with van der Waals surface area (Å²) >= 11 is 0. The summed E-state index contributed by atoms with van der Waals surface area (Å²) in [7, 11) is -4.22. The van der Waals surface area contributed by atoms with Crippen LogP contribution in [0.1, 0.15) is 49.3 Å². The van der Waals surface area contributed by atoms with Crippen LogP contribution < -0.4 is 4.72 Å². The Morgan fingerprint density at radius 3 is 2.00 bits per heavy atom. The second-order valence-electron chi connectivity index (χ2n) is 9.83. The summed E-state index contributed by atoms with van der Waals surface area (Å²) in [4.78, 5) is 13.1. The predicted octanol–water partition coefficient (Wildman–Crippen LogP) is 6.73.